The summed E-state index contributed by atoms with van der Waals surface area (Å²) in [4.78, 5) is 15.7. The first kappa shape index (κ1) is 9.40. The number of nitrogens with zero attached hydrogens (tertiary/aromatic N) is 1. The Morgan fingerprint density at radius 1 is 1.64 bits per heavy atom. The van der Waals surface area contributed by atoms with Gasteiger partial charge in [-0.05, 0) is 19.4 Å². The minimum atomic E-state index is 0.120. The summed E-state index contributed by atoms with van der Waals surface area (Å²) >= 11 is 0. The molecule has 1 aromatic rings. The fourth-order valence-corrected chi connectivity index (χ4v) is 1.80. The van der Waals surface area contributed by atoms with Crippen molar-refractivity contribution in [2.75, 3.05) is 13.1 Å². The number of carbonyl (C=O) groups excluding carboxylic acids is 1. The Hall–Kier alpha value is -1.16. The zero-order valence-corrected chi connectivity index (χ0v) is 8.03. The molecule has 1 aliphatic rings. The highest BCUT2D eigenvalue weighted by Gasteiger charge is 2.21. The van der Waals surface area contributed by atoms with Crippen molar-refractivity contribution < 1.29 is 9.21 Å². The average molecular weight is 194 g/mol. The zero-order chi connectivity index (χ0) is 9.80. The van der Waals surface area contributed by atoms with Crippen LogP contribution in [0.1, 0.15) is 18.5 Å². The summed E-state index contributed by atoms with van der Waals surface area (Å²) in [6.45, 7) is 1.45. The Bertz CT molecular complexity index is 295. The van der Waals surface area contributed by atoms with Gasteiger partial charge in [0.05, 0.1) is 12.2 Å². The van der Waals surface area contributed by atoms with Gasteiger partial charge in [-0.1, -0.05) is 0 Å². The van der Waals surface area contributed by atoms with Gasteiger partial charge in [0.2, 0.25) is 0 Å². The Labute approximate surface area is 82.7 Å². The summed E-state index contributed by atoms with van der Waals surface area (Å²) in [6.07, 6.45) is 5.77. The lowest BCUT2D eigenvalue weighted by atomic mass is 9.94. The van der Waals surface area contributed by atoms with Crippen molar-refractivity contribution in [3.05, 3.63) is 18.4 Å². The van der Waals surface area contributed by atoms with Crippen LogP contribution in [0.25, 0.3) is 0 Å². The molecule has 76 valence electrons. The fraction of sp³-hybridized carbons (Fsp3) is 0.600. The summed E-state index contributed by atoms with van der Waals surface area (Å²) in [6, 6.07) is 0. The Morgan fingerprint density at radius 2 is 2.57 bits per heavy atom. The molecule has 1 unspecified atom stereocenters. The molecule has 14 heavy (non-hydrogen) atoms. The molecule has 0 bridgehead atoms. The average Bonchev–Trinajstić information content (AvgIpc) is 2.60. The van der Waals surface area contributed by atoms with Crippen LogP contribution in [-0.2, 0) is 11.2 Å². The molecular formula is C10H14N2O2. The summed E-state index contributed by atoms with van der Waals surface area (Å²) in [5, 5.41) is 3.11. The second-order valence-electron chi connectivity index (χ2n) is 3.67. The molecule has 1 aliphatic heterocycles. The molecule has 0 radical (unpaired) electrons. The first-order valence-corrected chi connectivity index (χ1v) is 4.97. The maximum atomic E-state index is 11.6. The number of carbonyl (C=O) groups is 1. The van der Waals surface area contributed by atoms with E-state index in [1.54, 1.807) is 6.26 Å². The summed E-state index contributed by atoms with van der Waals surface area (Å²) in [7, 11) is 0. The monoisotopic (exact) mass is 194 g/mol. The van der Waals surface area contributed by atoms with Crippen LogP contribution in [0.3, 0.4) is 0 Å². The zero-order valence-electron chi connectivity index (χ0n) is 8.03. The summed E-state index contributed by atoms with van der Waals surface area (Å²) in [5.74, 6) is 0.417. The molecule has 1 aromatic heterocycles. The van der Waals surface area contributed by atoms with Crippen molar-refractivity contribution in [2.45, 2.75) is 19.3 Å². The molecule has 1 saturated heterocycles. The van der Waals surface area contributed by atoms with E-state index in [1.807, 2.05) is 0 Å². The van der Waals surface area contributed by atoms with Crippen molar-refractivity contribution in [3.63, 3.8) is 0 Å². The van der Waals surface area contributed by atoms with Crippen LogP contribution in [0.4, 0.5) is 0 Å². The molecule has 2 heterocycles. The van der Waals surface area contributed by atoms with E-state index in [0.717, 1.165) is 31.5 Å². The number of ketones is 1. The highest BCUT2D eigenvalue weighted by molar-refractivity contribution is 5.83. The van der Waals surface area contributed by atoms with Gasteiger partial charge in [0, 0.05) is 12.3 Å². The molecule has 0 saturated carbocycles. The van der Waals surface area contributed by atoms with Gasteiger partial charge in [-0.2, -0.15) is 0 Å². The highest BCUT2D eigenvalue weighted by Crippen LogP contribution is 2.15. The summed E-state index contributed by atoms with van der Waals surface area (Å²) < 4.78 is 4.88. The first-order valence-electron chi connectivity index (χ1n) is 4.97. The highest BCUT2D eigenvalue weighted by atomic mass is 16.3. The van der Waals surface area contributed by atoms with Gasteiger partial charge in [-0.3, -0.25) is 4.79 Å². The largest absolute Gasteiger partial charge is 0.451 e. The van der Waals surface area contributed by atoms with E-state index in [1.165, 1.54) is 6.39 Å². The minimum Gasteiger partial charge on any atom is -0.451 e. The van der Waals surface area contributed by atoms with Crippen LogP contribution < -0.4 is 5.32 Å². The molecule has 2 rings (SSSR count). The minimum absolute atomic E-state index is 0.120. The van der Waals surface area contributed by atoms with Gasteiger partial charge in [0.25, 0.3) is 0 Å². The normalized spacial score (nSPS) is 23.4. The lowest BCUT2D eigenvalue weighted by molar-refractivity contribution is -0.121. The Kier molecular flexibility index (Phi) is 2.93. The second-order valence-corrected chi connectivity index (χ2v) is 3.67. The smallest absolute Gasteiger partial charge is 0.180 e. The Morgan fingerprint density at radius 3 is 3.36 bits per heavy atom. The number of hydrogen-bond donors (Lipinski definition) is 1. The van der Waals surface area contributed by atoms with E-state index in [0.29, 0.717) is 12.3 Å². The third kappa shape index (κ3) is 2.20. The van der Waals surface area contributed by atoms with E-state index in [2.05, 4.69) is 10.3 Å². The molecule has 4 nitrogen and oxygen atoms in total. The predicted octanol–water partition coefficient (Wildman–Crippen LogP) is 0.786. The number of nitrogens with one attached hydrogen (secondary N) is 1. The quantitative estimate of drug-likeness (QED) is 0.756. The Balaban J connectivity index is 1.98. The van der Waals surface area contributed by atoms with Gasteiger partial charge in [-0.15, -0.1) is 0 Å². The van der Waals surface area contributed by atoms with Crippen molar-refractivity contribution >= 4 is 5.78 Å². The molecule has 0 spiro atoms. The number of Topliss-reactive ketones (excluding diaryl/α,β-unsaturated/α-hetero) is 1. The van der Waals surface area contributed by atoms with Gasteiger partial charge >= 0.3 is 0 Å². The second kappa shape index (κ2) is 4.37. The van der Waals surface area contributed by atoms with E-state index >= 15 is 0 Å². The third-order valence-electron chi connectivity index (χ3n) is 2.60. The van der Waals surface area contributed by atoms with Gasteiger partial charge in [-0.25, -0.2) is 4.98 Å². The molecule has 0 aromatic carbocycles. The molecule has 4 heteroatoms. The third-order valence-corrected chi connectivity index (χ3v) is 2.60. The fourth-order valence-electron chi connectivity index (χ4n) is 1.80. The lowest BCUT2D eigenvalue weighted by Gasteiger charge is -2.09. The number of aromatic nitrogens is 1. The number of oxazole rings is 1. The van der Waals surface area contributed by atoms with E-state index < -0.39 is 0 Å². The van der Waals surface area contributed by atoms with E-state index in [9.17, 15) is 4.79 Å². The maximum absolute atomic E-state index is 11.6. The van der Waals surface area contributed by atoms with Gasteiger partial charge in [0.1, 0.15) is 12.0 Å². The topological polar surface area (TPSA) is 55.1 Å². The number of hydrogen-bond acceptors (Lipinski definition) is 4. The van der Waals surface area contributed by atoms with Crippen LogP contribution in [0, 0.1) is 5.92 Å². The van der Waals surface area contributed by atoms with Crippen molar-refractivity contribution in [1.29, 1.82) is 0 Å². The van der Waals surface area contributed by atoms with Crippen LogP contribution in [0.5, 0.6) is 0 Å². The molecular weight excluding hydrogens is 180 g/mol. The van der Waals surface area contributed by atoms with Crippen molar-refractivity contribution in [1.82, 2.24) is 10.3 Å². The van der Waals surface area contributed by atoms with E-state index in [-0.39, 0.29) is 5.92 Å². The van der Waals surface area contributed by atoms with Crippen LogP contribution >= 0.6 is 0 Å². The predicted molar refractivity (Wildman–Crippen MR) is 50.8 cm³/mol. The summed E-state index contributed by atoms with van der Waals surface area (Å²) in [5.41, 5.74) is 0.880. The van der Waals surface area contributed by atoms with Gasteiger partial charge < -0.3 is 9.73 Å². The van der Waals surface area contributed by atoms with Gasteiger partial charge in [0.15, 0.2) is 6.39 Å². The molecule has 1 atom stereocenters. The molecule has 0 amide bonds. The molecule has 1 fully saturated rings. The standard InChI is InChI=1S/C10H14N2O2/c13-10-5-11-3-1-2-8(10)4-9-6-14-7-12-9/h6-8,11H,1-5H2. The lowest BCUT2D eigenvalue weighted by Crippen LogP contribution is -2.25. The van der Waals surface area contributed by atoms with E-state index in [4.69, 9.17) is 4.42 Å². The first-order chi connectivity index (χ1) is 6.86. The maximum Gasteiger partial charge on any atom is 0.180 e. The molecule has 1 N–H and O–H groups in total. The number of rotatable bonds is 2. The molecule has 0 aliphatic carbocycles. The van der Waals surface area contributed by atoms with Crippen molar-refractivity contribution in [2.24, 2.45) is 5.92 Å². The SMILES string of the molecule is O=C1CNCCCC1Cc1cocn1. The van der Waals surface area contributed by atoms with Crippen molar-refractivity contribution in [3.8, 4) is 0 Å². The van der Waals surface area contributed by atoms with Crippen LogP contribution in [0.2, 0.25) is 0 Å². The van der Waals surface area contributed by atoms with Crippen LogP contribution in [0.15, 0.2) is 17.1 Å². The van der Waals surface area contributed by atoms with Crippen LogP contribution in [-0.4, -0.2) is 23.9 Å².